The Balaban J connectivity index is 1.25. The molecule has 3 aliphatic rings. The summed E-state index contributed by atoms with van der Waals surface area (Å²) >= 11 is 0. The van der Waals surface area contributed by atoms with Gasteiger partial charge in [-0.05, 0) is 43.0 Å². The molecule has 212 valence electrons. The van der Waals surface area contributed by atoms with Crippen LogP contribution in [0.3, 0.4) is 0 Å². The summed E-state index contributed by atoms with van der Waals surface area (Å²) in [6.07, 6.45) is -1.80. The van der Waals surface area contributed by atoms with Gasteiger partial charge in [-0.15, -0.1) is 0 Å². The van der Waals surface area contributed by atoms with Crippen molar-refractivity contribution in [3.8, 4) is 0 Å². The fourth-order valence-electron chi connectivity index (χ4n) is 6.31. The highest BCUT2D eigenvalue weighted by atomic mass is 19.4. The fraction of sp³-hybridized carbons (Fsp3) is 0.345. The first-order chi connectivity index (χ1) is 19.4. The summed E-state index contributed by atoms with van der Waals surface area (Å²) in [5.74, 6) is -2.55. The highest BCUT2D eigenvalue weighted by Crippen LogP contribution is 2.46. The van der Waals surface area contributed by atoms with Crippen molar-refractivity contribution in [1.82, 2.24) is 20.2 Å². The molecule has 0 unspecified atom stereocenters. The molecule has 0 saturated carbocycles. The van der Waals surface area contributed by atoms with Crippen LogP contribution in [-0.2, 0) is 27.8 Å². The zero-order valence-electron chi connectivity index (χ0n) is 21.8. The summed E-state index contributed by atoms with van der Waals surface area (Å²) in [5, 5.41) is 5.31. The maximum absolute atomic E-state index is 14.0. The quantitative estimate of drug-likeness (QED) is 0.469. The van der Waals surface area contributed by atoms with E-state index in [1.165, 1.54) is 12.3 Å². The summed E-state index contributed by atoms with van der Waals surface area (Å²) in [7, 11) is 0. The van der Waals surface area contributed by atoms with Crippen LogP contribution in [0, 0.1) is 5.82 Å². The molecule has 8 nitrogen and oxygen atoms in total. The van der Waals surface area contributed by atoms with E-state index < -0.39 is 53.8 Å². The average Bonchev–Trinajstić information content (AvgIpc) is 3.44. The van der Waals surface area contributed by atoms with E-state index in [9.17, 15) is 31.9 Å². The molecule has 1 aliphatic carbocycles. The van der Waals surface area contributed by atoms with Crippen molar-refractivity contribution in [3.05, 3.63) is 88.6 Å². The first kappa shape index (κ1) is 26.9. The topological polar surface area (TPSA) is 104 Å². The third-order valence-corrected chi connectivity index (χ3v) is 8.35. The maximum atomic E-state index is 14.0. The van der Waals surface area contributed by atoms with Gasteiger partial charge in [-0.3, -0.25) is 19.4 Å². The lowest BCUT2D eigenvalue weighted by Crippen LogP contribution is -2.59. The first-order valence-electron chi connectivity index (χ1n) is 13.1. The van der Waals surface area contributed by atoms with Crippen molar-refractivity contribution in [2.24, 2.45) is 0 Å². The van der Waals surface area contributed by atoms with E-state index in [4.69, 9.17) is 0 Å². The van der Waals surface area contributed by atoms with Crippen molar-refractivity contribution in [2.45, 2.75) is 55.8 Å². The van der Waals surface area contributed by atoms with Crippen LogP contribution < -0.4 is 10.6 Å². The molecule has 0 bridgehead atoms. The van der Waals surface area contributed by atoms with Gasteiger partial charge in [0.2, 0.25) is 11.8 Å². The number of aromatic nitrogens is 2. The number of piperidine rings is 1. The molecule has 2 N–H and O–H groups in total. The summed E-state index contributed by atoms with van der Waals surface area (Å²) in [5.41, 5.74) is 1.36. The predicted molar refractivity (Wildman–Crippen MR) is 138 cm³/mol. The van der Waals surface area contributed by atoms with Crippen LogP contribution in [-0.4, -0.2) is 57.4 Å². The van der Waals surface area contributed by atoms with Gasteiger partial charge in [0.05, 0.1) is 17.2 Å². The number of benzene rings is 1. The largest absolute Gasteiger partial charge is 0.406 e. The van der Waals surface area contributed by atoms with Gasteiger partial charge in [0.25, 0.3) is 5.91 Å². The Hall–Kier alpha value is -4.35. The zero-order valence-corrected chi connectivity index (χ0v) is 21.8. The fourth-order valence-corrected chi connectivity index (χ4v) is 6.31. The number of fused-ring (bicyclic) bond motifs is 3. The van der Waals surface area contributed by atoms with Crippen LogP contribution in [0.15, 0.2) is 54.9 Å². The lowest BCUT2D eigenvalue weighted by molar-refractivity contribution is -0.170. The van der Waals surface area contributed by atoms with E-state index in [-0.39, 0.29) is 36.6 Å². The highest BCUT2D eigenvalue weighted by Gasteiger charge is 2.52. The minimum atomic E-state index is -4.61. The molecular weight excluding hydrogens is 542 g/mol. The molecule has 1 aromatic carbocycles. The molecule has 1 fully saturated rings. The van der Waals surface area contributed by atoms with Crippen LogP contribution in [0.1, 0.15) is 52.0 Å². The second-order valence-corrected chi connectivity index (χ2v) is 10.9. The van der Waals surface area contributed by atoms with E-state index in [0.717, 1.165) is 16.7 Å². The van der Waals surface area contributed by atoms with Gasteiger partial charge in [-0.2, -0.15) is 13.2 Å². The molecule has 4 heterocycles. The van der Waals surface area contributed by atoms with Crippen molar-refractivity contribution in [3.63, 3.8) is 0 Å². The molecule has 41 heavy (non-hydrogen) atoms. The molecule has 0 radical (unpaired) electrons. The summed E-state index contributed by atoms with van der Waals surface area (Å²) in [6.45, 7) is 0.155. The lowest BCUT2D eigenvalue weighted by atomic mass is 9.79. The Kier molecular flexibility index (Phi) is 6.31. The van der Waals surface area contributed by atoms with E-state index in [2.05, 4.69) is 20.6 Å². The summed E-state index contributed by atoms with van der Waals surface area (Å²) in [6, 6.07) is 9.83. The second kappa shape index (κ2) is 9.64. The molecule has 2 aliphatic heterocycles. The van der Waals surface area contributed by atoms with Crippen LogP contribution in [0.4, 0.5) is 23.4 Å². The standard InChI is InChI=1S/C29H25F4N5O3/c1-15-20(16-5-3-2-4-6-16)9-22(26(40)38(15)14-29(31,32)33)36-25(39)18-7-17-10-28(11-23(17)34-12-18)21-8-19(30)13-35-24(21)37-27(28)41/h2-8,12-13,15,20,22H,9-11,14H2,1H3,(H,36,39)(H,35,37,41)/t15-,20-,22+,28+/m1/s1. The molecule has 1 spiro atoms. The van der Waals surface area contributed by atoms with Gasteiger partial charge in [-0.25, -0.2) is 9.37 Å². The first-order valence-corrected chi connectivity index (χ1v) is 13.1. The predicted octanol–water partition coefficient (Wildman–Crippen LogP) is 3.67. The SMILES string of the molecule is C[C@@H]1[C@H](c2ccccc2)C[C@H](NC(=O)c2cnc3c(c2)C[C@@]2(C3)C(=O)Nc3ncc(F)cc32)C(=O)N1CC(F)(F)F. The number of pyridine rings is 2. The molecule has 4 atom stereocenters. The van der Waals surface area contributed by atoms with Gasteiger partial charge >= 0.3 is 6.18 Å². The van der Waals surface area contributed by atoms with Crippen LogP contribution >= 0.6 is 0 Å². The van der Waals surface area contributed by atoms with Gasteiger partial charge < -0.3 is 15.5 Å². The highest BCUT2D eigenvalue weighted by molar-refractivity contribution is 6.06. The summed E-state index contributed by atoms with van der Waals surface area (Å²) in [4.78, 5) is 48.6. The Morgan fingerprint density at radius 3 is 2.61 bits per heavy atom. The lowest BCUT2D eigenvalue weighted by Gasteiger charge is -2.43. The van der Waals surface area contributed by atoms with E-state index in [0.29, 0.717) is 16.8 Å². The van der Waals surface area contributed by atoms with Gasteiger partial charge in [-0.1, -0.05) is 30.3 Å². The molecule has 12 heteroatoms. The second-order valence-electron chi connectivity index (χ2n) is 10.9. The smallest absolute Gasteiger partial charge is 0.340 e. The molecule has 3 amide bonds. The van der Waals surface area contributed by atoms with Gasteiger partial charge in [0.1, 0.15) is 24.2 Å². The Morgan fingerprint density at radius 2 is 1.88 bits per heavy atom. The Labute approximate surface area is 232 Å². The number of hydrogen-bond donors (Lipinski definition) is 2. The maximum Gasteiger partial charge on any atom is 0.406 e. The number of nitrogens with one attached hydrogen (secondary N) is 2. The number of halogens is 4. The molecular formula is C29H25F4N5O3. The summed E-state index contributed by atoms with van der Waals surface area (Å²) < 4.78 is 54.3. The number of rotatable bonds is 4. The zero-order chi connectivity index (χ0) is 29.1. The number of carbonyl (C=O) groups is 3. The number of carbonyl (C=O) groups excluding carboxylic acids is 3. The Morgan fingerprint density at radius 1 is 1.12 bits per heavy atom. The number of amides is 3. The van der Waals surface area contributed by atoms with E-state index in [1.54, 1.807) is 43.3 Å². The number of hydrogen-bond acceptors (Lipinski definition) is 5. The number of likely N-dealkylation sites (tertiary alicyclic amines) is 1. The number of alkyl halides is 3. The van der Waals surface area contributed by atoms with Gasteiger partial charge in [0.15, 0.2) is 0 Å². The Bertz CT molecular complexity index is 1560. The van der Waals surface area contributed by atoms with E-state index >= 15 is 0 Å². The third kappa shape index (κ3) is 4.70. The minimum Gasteiger partial charge on any atom is -0.340 e. The van der Waals surface area contributed by atoms with Crippen LogP contribution in [0.5, 0.6) is 0 Å². The van der Waals surface area contributed by atoms with E-state index in [1.807, 2.05) is 0 Å². The van der Waals surface area contributed by atoms with Gasteiger partial charge in [0, 0.05) is 35.8 Å². The van der Waals surface area contributed by atoms with Crippen molar-refractivity contribution in [2.75, 3.05) is 11.9 Å². The van der Waals surface area contributed by atoms with Crippen molar-refractivity contribution < 1.29 is 31.9 Å². The molecule has 6 rings (SSSR count). The monoisotopic (exact) mass is 567 g/mol. The van der Waals surface area contributed by atoms with Crippen LogP contribution in [0.25, 0.3) is 0 Å². The average molecular weight is 568 g/mol. The third-order valence-electron chi connectivity index (χ3n) is 8.35. The molecule has 1 saturated heterocycles. The molecule has 3 aromatic rings. The number of anilines is 1. The normalized spacial score (nSPS) is 25.2. The number of nitrogens with zero attached hydrogens (tertiary/aromatic N) is 3. The van der Waals surface area contributed by atoms with Crippen molar-refractivity contribution >= 4 is 23.5 Å². The van der Waals surface area contributed by atoms with Crippen molar-refractivity contribution in [1.29, 1.82) is 0 Å². The minimum absolute atomic E-state index is 0.0989. The molecule has 2 aromatic heterocycles. The van der Waals surface area contributed by atoms with Crippen LogP contribution in [0.2, 0.25) is 0 Å².